The molecule has 0 saturated carbocycles. The number of hydrogen-bond acceptors (Lipinski definition) is 5. The van der Waals surface area contributed by atoms with E-state index in [-0.39, 0.29) is 17.8 Å². The first kappa shape index (κ1) is 13.6. The molecule has 0 N–H and O–H groups in total. The van der Waals surface area contributed by atoms with Crippen LogP contribution in [-0.2, 0) is 19.1 Å². The van der Waals surface area contributed by atoms with E-state index in [0.29, 0.717) is 6.61 Å². The van der Waals surface area contributed by atoms with Crippen molar-refractivity contribution in [3.63, 3.8) is 0 Å². The highest BCUT2D eigenvalue weighted by molar-refractivity contribution is 6.17. The fraction of sp³-hybridized carbons (Fsp3) is 0.600. The summed E-state index contributed by atoms with van der Waals surface area (Å²) in [6.07, 6.45) is 1.62. The van der Waals surface area contributed by atoms with Gasteiger partial charge in [0.1, 0.15) is 5.57 Å². The Morgan fingerprint density at radius 1 is 1.27 bits per heavy atom. The Morgan fingerprint density at radius 3 is 2.27 bits per heavy atom. The molecular weight excluding hydrogens is 198 g/mol. The summed E-state index contributed by atoms with van der Waals surface area (Å²) in [6.45, 7) is 0.292. The number of rotatable bonds is 6. The Labute approximate surface area is 89.6 Å². The van der Waals surface area contributed by atoms with E-state index >= 15 is 0 Å². The monoisotopic (exact) mass is 215 g/mol. The third-order valence-corrected chi connectivity index (χ3v) is 1.63. The Morgan fingerprint density at radius 2 is 1.87 bits per heavy atom. The first-order valence-electron chi connectivity index (χ1n) is 4.51. The normalized spacial score (nSPS) is 11.1. The maximum absolute atomic E-state index is 11.6. The van der Waals surface area contributed by atoms with E-state index in [1.54, 1.807) is 19.0 Å². The topological polar surface area (TPSA) is 55.8 Å². The summed E-state index contributed by atoms with van der Waals surface area (Å²) in [6, 6.07) is 0. The van der Waals surface area contributed by atoms with Crippen LogP contribution in [-0.4, -0.2) is 51.6 Å². The van der Waals surface area contributed by atoms with Gasteiger partial charge in [-0.25, -0.2) is 4.79 Å². The van der Waals surface area contributed by atoms with E-state index in [9.17, 15) is 9.59 Å². The predicted octanol–water partition coefficient (Wildman–Crippen LogP) is 0.210. The van der Waals surface area contributed by atoms with Gasteiger partial charge in [0.05, 0.1) is 13.7 Å². The van der Waals surface area contributed by atoms with Gasteiger partial charge in [-0.15, -0.1) is 0 Å². The summed E-state index contributed by atoms with van der Waals surface area (Å²) in [5.41, 5.74) is 0.0413. The molecule has 0 aromatic heterocycles. The average molecular weight is 215 g/mol. The minimum atomic E-state index is -0.621. The second-order valence-corrected chi connectivity index (χ2v) is 3.16. The highest BCUT2D eigenvalue weighted by atomic mass is 16.5. The number of carbonyl (C=O) groups excluding carboxylic acids is 2. The van der Waals surface area contributed by atoms with E-state index in [4.69, 9.17) is 4.74 Å². The van der Waals surface area contributed by atoms with Gasteiger partial charge in [0.25, 0.3) is 0 Å². The molecule has 0 aliphatic rings. The van der Waals surface area contributed by atoms with Crippen molar-refractivity contribution in [2.75, 3.05) is 34.9 Å². The fourth-order valence-corrected chi connectivity index (χ4v) is 0.936. The Balaban J connectivity index is 4.64. The number of Topliss-reactive ketones (excluding diaryl/α,β-unsaturated/α-hetero) is 1. The van der Waals surface area contributed by atoms with Crippen molar-refractivity contribution in [3.8, 4) is 0 Å². The smallest absolute Gasteiger partial charge is 0.342 e. The van der Waals surface area contributed by atoms with Crippen molar-refractivity contribution in [1.82, 2.24) is 4.90 Å². The molecule has 0 radical (unpaired) electrons. The van der Waals surface area contributed by atoms with E-state index in [1.165, 1.54) is 20.4 Å². The zero-order valence-electron chi connectivity index (χ0n) is 9.57. The highest BCUT2D eigenvalue weighted by Gasteiger charge is 2.18. The van der Waals surface area contributed by atoms with Crippen molar-refractivity contribution in [2.45, 2.75) is 6.42 Å². The van der Waals surface area contributed by atoms with Crippen molar-refractivity contribution in [2.24, 2.45) is 0 Å². The van der Waals surface area contributed by atoms with E-state index in [0.717, 1.165) is 0 Å². The third kappa shape index (κ3) is 5.17. The Bertz CT molecular complexity index is 258. The van der Waals surface area contributed by atoms with Crippen LogP contribution in [0, 0.1) is 0 Å². The number of ketones is 1. The molecule has 0 amide bonds. The van der Waals surface area contributed by atoms with Gasteiger partial charge in [0.2, 0.25) is 0 Å². The maximum Gasteiger partial charge on any atom is 0.342 e. The molecule has 5 nitrogen and oxygen atoms in total. The van der Waals surface area contributed by atoms with Crippen LogP contribution < -0.4 is 0 Å². The molecule has 0 atom stereocenters. The SMILES string of the molecule is COCCC(=O)/C(=C/N(C)C)C(=O)OC. The van der Waals surface area contributed by atoms with Crippen molar-refractivity contribution in [3.05, 3.63) is 11.8 Å². The van der Waals surface area contributed by atoms with Crippen LogP contribution in [0.4, 0.5) is 0 Å². The van der Waals surface area contributed by atoms with Crippen molar-refractivity contribution in [1.29, 1.82) is 0 Å². The number of nitrogens with zero attached hydrogens (tertiary/aromatic N) is 1. The standard InChI is InChI=1S/C10H17NO4/c1-11(2)7-8(10(13)15-4)9(12)5-6-14-3/h7H,5-6H2,1-4H3/b8-7-. The zero-order valence-corrected chi connectivity index (χ0v) is 9.57. The van der Waals surface area contributed by atoms with Crippen LogP contribution in [0.25, 0.3) is 0 Å². The molecule has 0 rings (SSSR count). The minimum Gasteiger partial charge on any atom is -0.465 e. The van der Waals surface area contributed by atoms with Gasteiger partial charge in [-0.1, -0.05) is 0 Å². The molecule has 0 aliphatic heterocycles. The molecule has 0 aromatic carbocycles. The largest absolute Gasteiger partial charge is 0.465 e. The first-order chi connectivity index (χ1) is 7.02. The van der Waals surface area contributed by atoms with Crippen LogP contribution >= 0.6 is 0 Å². The first-order valence-corrected chi connectivity index (χ1v) is 4.51. The molecule has 0 aliphatic carbocycles. The lowest BCUT2D eigenvalue weighted by atomic mass is 10.1. The highest BCUT2D eigenvalue weighted by Crippen LogP contribution is 2.04. The Hall–Kier alpha value is -1.36. The molecule has 0 aromatic rings. The summed E-state index contributed by atoms with van der Waals surface area (Å²) in [4.78, 5) is 24.5. The van der Waals surface area contributed by atoms with Gasteiger partial charge in [0.15, 0.2) is 5.78 Å². The van der Waals surface area contributed by atoms with Crippen molar-refractivity contribution < 1.29 is 19.1 Å². The second kappa shape index (κ2) is 7.00. The molecule has 0 spiro atoms. The molecule has 15 heavy (non-hydrogen) atoms. The van der Waals surface area contributed by atoms with Gasteiger partial charge in [-0.05, 0) is 0 Å². The molecule has 86 valence electrons. The lowest BCUT2D eigenvalue weighted by molar-refractivity contribution is -0.138. The molecular formula is C10H17NO4. The number of esters is 1. The van der Waals surface area contributed by atoms with Crippen LogP contribution in [0.3, 0.4) is 0 Å². The third-order valence-electron chi connectivity index (χ3n) is 1.63. The zero-order chi connectivity index (χ0) is 11.8. The van der Waals surface area contributed by atoms with Crippen LogP contribution in [0.5, 0.6) is 0 Å². The van der Waals surface area contributed by atoms with Crippen LogP contribution in [0.1, 0.15) is 6.42 Å². The minimum absolute atomic E-state index is 0.0413. The van der Waals surface area contributed by atoms with E-state index in [2.05, 4.69) is 4.74 Å². The lowest BCUT2D eigenvalue weighted by Gasteiger charge is -2.09. The van der Waals surface area contributed by atoms with Crippen LogP contribution in [0.2, 0.25) is 0 Å². The summed E-state index contributed by atoms with van der Waals surface area (Å²) in [7, 11) is 6.20. The van der Waals surface area contributed by atoms with Crippen molar-refractivity contribution >= 4 is 11.8 Å². The maximum atomic E-state index is 11.6. The predicted molar refractivity (Wildman–Crippen MR) is 55.3 cm³/mol. The number of hydrogen-bond donors (Lipinski definition) is 0. The molecule has 0 bridgehead atoms. The van der Waals surface area contributed by atoms with E-state index < -0.39 is 5.97 Å². The van der Waals surface area contributed by atoms with E-state index in [1.807, 2.05) is 0 Å². The van der Waals surface area contributed by atoms with Crippen LogP contribution in [0.15, 0.2) is 11.8 Å². The van der Waals surface area contributed by atoms with Gasteiger partial charge in [0, 0.05) is 33.8 Å². The fourth-order valence-electron chi connectivity index (χ4n) is 0.936. The average Bonchev–Trinajstić information content (AvgIpc) is 2.21. The van der Waals surface area contributed by atoms with Gasteiger partial charge in [-0.3, -0.25) is 4.79 Å². The molecule has 0 saturated heterocycles. The summed E-state index contributed by atoms with van der Waals surface area (Å²) < 4.78 is 9.29. The van der Waals surface area contributed by atoms with Gasteiger partial charge >= 0.3 is 5.97 Å². The van der Waals surface area contributed by atoms with Gasteiger partial charge in [-0.2, -0.15) is 0 Å². The molecule has 0 fully saturated rings. The summed E-state index contributed by atoms with van der Waals surface area (Å²) in [5.74, 6) is -0.901. The molecule has 0 heterocycles. The summed E-state index contributed by atoms with van der Waals surface area (Å²) in [5, 5.41) is 0. The molecule has 0 unspecified atom stereocenters. The van der Waals surface area contributed by atoms with Gasteiger partial charge < -0.3 is 14.4 Å². The quantitative estimate of drug-likeness (QED) is 0.274. The second-order valence-electron chi connectivity index (χ2n) is 3.16. The number of ether oxygens (including phenoxy) is 2. The number of carbonyl (C=O) groups is 2. The number of methoxy groups -OCH3 is 2. The summed E-state index contributed by atoms with van der Waals surface area (Å²) >= 11 is 0. The lowest BCUT2D eigenvalue weighted by Crippen LogP contribution is -2.19. The molecule has 5 heteroatoms. The Kier molecular flexibility index (Phi) is 6.37.